The van der Waals surface area contributed by atoms with Gasteiger partial charge in [-0.3, -0.25) is 9.55 Å². The smallest absolute Gasteiger partial charge is 0.284 e. The second kappa shape index (κ2) is 7.20. The van der Waals surface area contributed by atoms with Gasteiger partial charge in [-0.1, -0.05) is 18.2 Å². The van der Waals surface area contributed by atoms with E-state index >= 15 is 0 Å². The molecule has 1 aliphatic heterocycles. The Morgan fingerprint density at radius 1 is 1.46 bits per heavy atom. The highest BCUT2D eigenvalue weighted by molar-refractivity contribution is 7.57. The van der Waals surface area contributed by atoms with Gasteiger partial charge in [-0.05, 0) is 33.0 Å². The molecule has 1 aromatic carbocycles. The zero-order valence-electron chi connectivity index (χ0n) is 16.1. The van der Waals surface area contributed by atoms with Crippen LogP contribution in [-0.2, 0) is 9.09 Å². The van der Waals surface area contributed by atoms with Crippen molar-refractivity contribution in [3.05, 3.63) is 48.0 Å². The van der Waals surface area contributed by atoms with Gasteiger partial charge in [-0.2, -0.15) is 0 Å². The number of fused-ring (bicyclic) bond motifs is 1. The fourth-order valence-electron chi connectivity index (χ4n) is 3.38. The van der Waals surface area contributed by atoms with Crippen LogP contribution in [0, 0.1) is 6.92 Å². The molecule has 1 aliphatic rings. The minimum absolute atomic E-state index is 0.0196. The molecule has 0 radical (unpaired) electrons. The summed E-state index contributed by atoms with van der Waals surface area (Å²) in [7, 11) is -1.39. The fourth-order valence-corrected chi connectivity index (χ4v) is 5.98. The lowest BCUT2D eigenvalue weighted by atomic mass is 10.2. The number of likely N-dealkylation sites (N-methyl/N-ethyl adjacent to an activating group) is 1. The number of aromatic amines is 1. The van der Waals surface area contributed by atoms with Gasteiger partial charge in [0.05, 0.1) is 29.7 Å². The summed E-state index contributed by atoms with van der Waals surface area (Å²) >= 11 is 0. The predicted octanol–water partition coefficient (Wildman–Crippen LogP) is 3.67. The van der Waals surface area contributed by atoms with Crippen molar-refractivity contribution in [2.75, 3.05) is 25.5 Å². The first-order chi connectivity index (χ1) is 13.4. The van der Waals surface area contributed by atoms with Gasteiger partial charge < -0.3 is 19.9 Å². The maximum absolute atomic E-state index is 13.7. The molecule has 0 spiro atoms. The van der Waals surface area contributed by atoms with Crippen molar-refractivity contribution < 1.29 is 14.2 Å². The molecule has 3 aromatic rings. The van der Waals surface area contributed by atoms with E-state index in [4.69, 9.17) is 4.52 Å². The van der Waals surface area contributed by atoms with Crippen LogP contribution in [0.3, 0.4) is 0 Å². The predicted molar refractivity (Wildman–Crippen MR) is 109 cm³/mol. The quantitative estimate of drug-likeness (QED) is 0.561. The second-order valence-corrected chi connectivity index (χ2v) is 9.79. The Bertz CT molecular complexity index is 1030. The Labute approximate surface area is 163 Å². The molecule has 0 saturated carbocycles. The number of aryl methyl sites for hydroxylation is 1. The molecule has 28 heavy (non-hydrogen) atoms. The third-order valence-electron chi connectivity index (χ3n) is 5.26. The standard InChI is InChI=1S/C19H24N5O3P/c1-12-11-27-28(26,24(12)3)17(18-22-13(2)19(25)23-18)10-20-15-8-14-6-4-5-7-16(14)21-9-15/h4-9,12,17,20,25H,10-11H2,1-3H3,(H,22,23)/t12-,17?,28?/m0/s1. The monoisotopic (exact) mass is 401 g/mol. The maximum Gasteiger partial charge on any atom is 0.284 e. The molecule has 1 fully saturated rings. The molecule has 4 rings (SSSR count). The van der Waals surface area contributed by atoms with Crippen molar-refractivity contribution in [2.45, 2.75) is 25.5 Å². The van der Waals surface area contributed by atoms with E-state index in [1.807, 2.05) is 37.3 Å². The Balaban J connectivity index is 1.64. The minimum Gasteiger partial charge on any atom is -0.493 e. The van der Waals surface area contributed by atoms with Gasteiger partial charge in [0, 0.05) is 18.0 Å². The molecule has 8 nitrogen and oxygen atoms in total. The van der Waals surface area contributed by atoms with Crippen LogP contribution < -0.4 is 5.32 Å². The van der Waals surface area contributed by atoms with Crippen LogP contribution in [0.25, 0.3) is 10.9 Å². The summed E-state index contributed by atoms with van der Waals surface area (Å²) in [5, 5.41) is 14.3. The van der Waals surface area contributed by atoms with Crippen LogP contribution in [0.2, 0.25) is 0 Å². The van der Waals surface area contributed by atoms with E-state index in [1.54, 1.807) is 24.8 Å². The Morgan fingerprint density at radius 3 is 2.93 bits per heavy atom. The van der Waals surface area contributed by atoms with E-state index in [0.29, 0.717) is 24.7 Å². The number of hydrogen-bond acceptors (Lipinski definition) is 6. The summed E-state index contributed by atoms with van der Waals surface area (Å²) in [6.45, 7) is 4.39. The Morgan fingerprint density at radius 2 is 2.25 bits per heavy atom. The lowest BCUT2D eigenvalue weighted by Gasteiger charge is -2.28. The van der Waals surface area contributed by atoms with Crippen molar-refractivity contribution in [1.82, 2.24) is 19.6 Å². The average Bonchev–Trinajstić information content (AvgIpc) is 3.16. The number of benzene rings is 1. The first-order valence-corrected chi connectivity index (χ1v) is 10.8. The molecule has 148 valence electrons. The van der Waals surface area contributed by atoms with E-state index in [2.05, 4.69) is 20.3 Å². The van der Waals surface area contributed by atoms with Crippen LogP contribution in [0.5, 0.6) is 5.88 Å². The van der Waals surface area contributed by atoms with Gasteiger partial charge in [0.2, 0.25) is 5.88 Å². The Hall–Kier alpha value is -2.41. The number of H-pyrrole nitrogens is 1. The topological polar surface area (TPSA) is 103 Å². The number of nitrogens with zero attached hydrogens (tertiary/aromatic N) is 3. The lowest BCUT2D eigenvalue weighted by molar-refractivity contribution is 0.329. The third kappa shape index (κ3) is 3.28. The first kappa shape index (κ1) is 18.9. The average molecular weight is 401 g/mol. The number of nitrogens with one attached hydrogen (secondary N) is 2. The molecule has 0 bridgehead atoms. The number of hydrogen-bond donors (Lipinski definition) is 3. The van der Waals surface area contributed by atoms with Gasteiger partial charge in [-0.15, -0.1) is 0 Å². The molecule has 0 aliphatic carbocycles. The number of aromatic hydroxyl groups is 1. The van der Waals surface area contributed by atoms with Crippen LogP contribution in [0.4, 0.5) is 5.69 Å². The number of anilines is 1. The van der Waals surface area contributed by atoms with E-state index in [0.717, 1.165) is 16.6 Å². The minimum atomic E-state index is -3.20. The summed E-state index contributed by atoms with van der Waals surface area (Å²) in [6, 6.07) is 9.91. The molecule has 0 amide bonds. The number of para-hydroxylation sites is 1. The molecular weight excluding hydrogens is 377 g/mol. The van der Waals surface area contributed by atoms with Crippen molar-refractivity contribution in [3.8, 4) is 5.88 Å². The molecule has 3 heterocycles. The van der Waals surface area contributed by atoms with Gasteiger partial charge in [0.15, 0.2) is 0 Å². The SMILES string of the molecule is Cc1nc(C(CNc2cnc3ccccc3c2)P2(=O)OC[C@H](C)N2C)[nH]c1O. The van der Waals surface area contributed by atoms with Crippen molar-refractivity contribution >= 4 is 24.1 Å². The number of imidazole rings is 1. The van der Waals surface area contributed by atoms with Gasteiger partial charge in [0.25, 0.3) is 7.52 Å². The summed E-state index contributed by atoms with van der Waals surface area (Å²) in [6.07, 6.45) is 1.75. The largest absolute Gasteiger partial charge is 0.493 e. The molecule has 3 N–H and O–H groups in total. The van der Waals surface area contributed by atoms with Gasteiger partial charge >= 0.3 is 0 Å². The highest BCUT2D eigenvalue weighted by Crippen LogP contribution is 2.65. The highest BCUT2D eigenvalue weighted by Gasteiger charge is 2.47. The maximum atomic E-state index is 13.7. The van der Waals surface area contributed by atoms with Crippen LogP contribution in [0.1, 0.15) is 24.1 Å². The first-order valence-electron chi connectivity index (χ1n) is 9.20. The van der Waals surface area contributed by atoms with Crippen LogP contribution in [-0.4, -0.2) is 51.0 Å². The zero-order valence-corrected chi connectivity index (χ0v) is 17.0. The fraction of sp³-hybridized carbons (Fsp3) is 0.368. The lowest BCUT2D eigenvalue weighted by Crippen LogP contribution is -2.25. The zero-order chi connectivity index (χ0) is 19.9. The van der Waals surface area contributed by atoms with E-state index in [9.17, 15) is 9.67 Å². The molecule has 2 aromatic heterocycles. The number of aromatic nitrogens is 3. The Kier molecular flexibility index (Phi) is 4.87. The van der Waals surface area contributed by atoms with Crippen LogP contribution in [0.15, 0.2) is 36.5 Å². The van der Waals surface area contributed by atoms with Gasteiger partial charge in [0.1, 0.15) is 11.5 Å². The molecule has 1 saturated heterocycles. The van der Waals surface area contributed by atoms with E-state index < -0.39 is 13.2 Å². The van der Waals surface area contributed by atoms with Crippen LogP contribution >= 0.6 is 7.52 Å². The second-order valence-electron chi connectivity index (χ2n) is 7.15. The van der Waals surface area contributed by atoms with Gasteiger partial charge in [-0.25, -0.2) is 9.65 Å². The summed E-state index contributed by atoms with van der Waals surface area (Å²) in [5.41, 5.74) is 1.64. The third-order valence-corrected chi connectivity index (χ3v) is 8.26. The molecule has 9 heteroatoms. The van der Waals surface area contributed by atoms with Crippen molar-refractivity contribution in [3.63, 3.8) is 0 Å². The van der Waals surface area contributed by atoms with Crippen molar-refractivity contribution in [1.29, 1.82) is 0 Å². The van der Waals surface area contributed by atoms with Crippen molar-refractivity contribution in [2.24, 2.45) is 0 Å². The number of rotatable bonds is 5. The molecule has 2 unspecified atom stereocenters. The normalized spacial score (nSPS) is 23.9. The summed E-state index contributed by atoms with van der Waals surface area (Å²) < 4.78 is 21.3. The summed E-state index contributed by atoms with van der Waals surface area (Å²) in [5.74, 6) is 0.425. The molecular formula is C19H24N5O3P. The van der Waals surface area contributed by atoms with E-state index in [-0.39, 0.29) is 11.9 Å². The number of pyridine rings is 1. The summed E-state index contributed by atoms with van der Waals surface area (Å²) in [4.78, 5) is 11.7. The van der Waals surface area contributed by atoms with E-state index in [1.165, 1.54) is 0 Å². The molecule has 3 atom stereocenters. The highest BCUT2D eigenvalue weighted by atomic mass is 31.2.